The van der Waals surface area contributed by atoms with Crippen LogP contribution in [0.2, 0.25) is 0 Å². The highest BCUT2D eigenvalue weighted by atomic mass is 79.9. The molecule has 21 heavy (non-hydrogen) atoms. The van der Waals surface area contributed by atoms with Gasteiger partial charge in [0.2, 0.25) is 0 Å². The van der Waals surface area contributed by atoms with E-state index in [1.807, 2.05) is 31.2 Å². The topological polar surface area (TPSA) is 38.3 Å². The Kier molecular flexibility index (Phi) is 4.96. The van der Waals surface area contributed by atoms with Crippen molar-refractivity contribution in [1.82, 2.24) is 5.32 Å². The Morgan fingerprint density at radius 2 is 1.90 bits per heavy atom. The van der Waals surface area contributed by atoms with Gasteiger partial charge in [-0.15, -0.1) is 0 Å². The van der Waals surface area contributed by atoms with Crippen LogP contribution in [0.25, 0.3) is 0 Å². The first kappa shape index (κ1) is 15.5. The molecule has 1 N–H and O–H groups in total. The molecule has 0 saturated heterocycles. The zero-order valence-electron chi connectivity index (χ0n) is 11.7. The highest BCUT2D eigenvalue weighted by Gasteiger charge is 2.15. The fourth-order valence-electron chi connectivity index (χ4n) is 1.92. The van der Waals surface area contributed by atoms with Gasteiger partial charge >= 0.3 is 0 Å². The van der Waals surface area contributed by atoms with E-state index < -0.39 is 11.7 Å². The van der Waals surface area contributed by atoms with Crippen LogP contribution in [0, 0.1) is 5.82 Å². The third-order valence-corrected chi connectivity index (χ3v) is 3.67. The number of methoxy groups -OCH3 is 1. The minimum Gasteiger partial charge on any atom is -0.497 e. The van der Waals surface area contributed by atoms with Crippen molar-refractivity contribution in [1.29, 1.82) is 0 Å². The van der Waals surface area contributed by atoms with Crippen molar-refractivity contribution >= 4 is 21.8 Å². The lowest BCUT2D eigenvalue weighted by molar-refractivity contribution is 0.0936. The SMILES string of the molecule is COc1ccc(C(=O)N[C@H](C)c2ccc(Br)cc2)c(F)c1. The zero-order valence-corrected chi connectivity index (χ0v) is 13.3. The summed E-state index contributed by atoms with van der Waals surface area (Å²) in [5.41, 5.74) is 0.945. The average molecular weight is 352 g/mol. The standard InChI is InChI=1S/C16H15BrFNO2/c1-10(11-3-5-12(17)6-4-11)19-16(20)14-8-7-13(21-2)9-15(14)18/h3-10H,1-2H3,(H,19,20)/t10-/m1/s1. The summed E-state index contributed by atoms with van der Waals surface area (Å²) in [5.74, 6) is -0.676. The molecule has 2 rings (SSSR count). The summed E-state index contributed by atoms with van der Waals surface area (Å²) in [6.07, 6.45) is 0. The minimum absolute atomic E-state index is 0.000221. The van der Waals surface area contributed by atoms with Crippen LogP contribution in [0.3, 0.4) is 0 Å². The molecule has 2 aromatic carbocycles. The first-order valence-corrected chi connectivity index (χ1v) is 7.20. The van der Waals surface area contributed by atoms with Crippen molar-refractivity contribution in [2.45, 2.75) is 13.0 Å². The Balaban J connectivity index is 2.12. The maximum Gasteiger partial charge on any atom is 0.254 e. The van der Waals surface area contributed by atoms with Gasteiger partial charge in [0.05, 0.1) is 18.7 Å². The number of amides is 1. The van der Waals surface area contributed by atoms with Crippen LogP contribution in [-0.4, -0.2) is 13.0 Å². The summed E-state index contributed by atoms with van der Waals surface area (Å²) in [6, 6.07) is 11.5. The maximum atomic E-state index is 13.8. The molecule has 0 aliphatic heterocycles. The third kappa shape index (κ3) is 3.82. The first-order valence-electron chi connectivity index (χ1n) is 6.41. The van der Waals surface area contributed by atoms with Gasteiger partial charge in [-0.2, -0.15) is 0 Å². The number of rotatable bonds is 4. The van der Waals surface area contributed by atoms with E-state index in [9.17, 15) is 9.18 Å². The number of halogens is 2. The summed E-state index contributed by atoms with van der Waals surface area (Å²) < 4.78 is 19.7. The van der Waals surface area contributed by atoms with E-state index in [-0.39, 0.29) is 11.6 Å². The molecule has 0 aromatic heterocycles. The van der Waals surface area contributed by atoms with Crippen LogP contribution in [-0.2, 0) is 0 Å². The van der Waals surface area contributed by atoms with Crippen molar-refractivity contribution in [3.63, 3.8) is 0 Å². The fraction of sp³-hybridized carbons (Fsp3) is 0.188. The van der Waals surface area contributed by atoms with E-state index in [0.717, 1.165) is 10.0 Å². The summed E-state index contributed by atoms with van der Waals surface area (Å²) in [6.45, 7) is 1.85. The average Bonchev–Trinajstić information content (AvgIpc) is 2.47. The Morgan fingerprint density at radius 1 is 1.24 bits per heavy atom. The van der Waals surface area contributed by atoms with Crippen LogP contribution in [0.1, 0.15) is 28.9 Å². The number of ether oxygens (including phenoxy) is 1. The van der Waals surface area contributed by atoms with Crippen molar-refractivity contribution in [3.05, 3.63) is 63.9 Å². The van der Waals surface area contributed by atoms with Gasteiger partial charge in [-0.25, -0.2) is 4.39 Å². The van der Waals surface area contributed by atoms with Crippen molar-refractivity contribution < 1.29 is 13.9 Å². The Hall–Kier alpha value is -1.88. The van der Waals surface area contributed by atoms with Crippen LogP contribution in [0.4, 0.5) is 4.39 Å². The van der Waals surface area contributed by atoms with Crippen LogP contribution in [0.5, 0.6) is 5.75 Å². The maximum absolute atomic E-state index is 13.8. The highest BCUT2D eigenvalue weighted by molar-refractivity contribution is 9.10. The van der Waals surface area contributed by atoms with Crippen LogP contribution < -0.4 is 10.1 Å². The van der Waals surface area contributed by atoms with Gasteiger partial charge in [0, 0.05) is 10.5 Å². The molecule has 0 unspecified atom stereocenters. The largest absolute Gasteiger partial charge is 0.497 e. The van der Waals surface area contributed by atoms with Crippen molar-refractivity contribution in [3.8, 4) is 5.75 Å². The van der Waals surface area contributed by atoms with Gasteiger partial charge in [-0.1, -0.05) is 28.1 Å². The lowest BCUT2D eigenvalue weighted by atomic mass is 10.1. The van der Waals surface area contributed by atoms with E-state index >= 15 is 0 Å². The predicted molar refractivity (Wildman–Crippen MR) is 83.0 cm³/mol. The number of nitrogens with one attached hydrogen (secondary N) is 1. The van der Waals surface area contributed by atoms with Crippen LogP contribution in [0.15, 0.2) is 46.9 Å². The van der Waals surface area contributed by atoms with E-state index in [2.05, 4.69) is 21.2 Å². The summed E-state index contributed by atoms with van der Waals surface area (Å²) >= 11 is 3.36. The molecule has 110 valence electrons. The molecular weight excluding hydrogens is 337 g/mol. The number of carbonyl (C=O) groups is 1. The Labute approximate surface area is 131 Å². The second-order valence-corrected chi connectivity index (χ2v) is 5.51. The quantitative estimate of drug-likeness (QED) is 0.900. The van der Waals surface area contributed by atoms with Gasteiger partial charge < -0.3 is 10.1 Å². The second kappa shape index (κ2) is 6.72. The molecule has 0 bridgehead atoms. The second-order valence-electron chi connectivity index (χ2n) is 4.59. The van der Waals surface area contributed by atoms with E-state index in [0.29, 0.717) is 5.75 Å². The zero-order chi connectivity index (χ0) is 15.4. The Bertz CT molecular complexity index is 643. The Morgan fingerprint density at radius 3 is 2.48 bits per heavy atom. The molecule has 0 spiro atoms. The van der Waals surface area contributed by atoms with Gasteiger partial charge in [0.25, 0.3) is 5.91 Å². The number of carbonyl (C=O) groups excluding carboxylic acids is 1. The fourth-order valence-corrected chi connectivity index (χ4v) is 2.18. The molecule has 0 aliphatic carbocycles. The van der Waals surface area contributed by atoms with E-state index in [4.69, 9.17) is 4.74 Å². The molecule has 0 fully saturated rings. The van der Waals surface area contributed by atoms with Gasteiger partial charge in [-0.3, -0.25) is 4.79 Å². The lowest BCUT2D eigenvalue weighted by Gasteiger charge is -2.15. The molecule has 0 aliphatic rings. The molecule has 2 aromatic rings. The normalized spacial score (nSPS) is 11.8. The van der Waals surface area contributed by atoms with Gasteiger partial charge in [-0.05, 0) is 36.8 Å². The summed E-state index contributed by atoms with van der Waals surface area (Å²) in [7, 11) is 1.45. The highest BCUT2D eigenvalue weighted by Crippen LogP contribution is 2.19. The molecule has 1 atom stereocenters. The summed E-state index contributed by atoms with van der Waals surface area (Å²) in [4.78, 5) is 12.1. The first-order chi connectivity index (χ1) is 10.0. The molecule has 1 amide bonds. The third-order valence-electron chi connectivity index (χ3n) is 3.14. The molecule has 0 radical (unpaired) electrons. The lowest BCUT2D eigenvalue weighted by Crippen LogP contribution is -2.27. The van der Waals surface area contributed by atoms with Crippen molar-refractivity contribution in [2.75, 3.05) is 7.11 Å². The minimum atomic E-state index is -0.602. The monoisotopic (exact) mass is 351 g/mol. The summed E-state index contributed by atoms with van der Waals surface area (Å²) in [5, 5.41) is 2.78. The molecule has 5 heteroatoms. The van der Waals surface area contributed by atoms with Gasteiger partial charge in [0.1, 0.15) is 11.6 Å². The molecule has 0 heterocycles. The van der Waals surface area contributed by atoms with E-state index in [1.165, 1.54) is 19.2 Å². The van der Waals surface area contributed by atoms with Gasteiger partial charge in [0.15, 0.2) is 0 Å². The molecule has 0 saturated carbocycles. The van der Waals surface area contributed by atoms with E-state index in [1.54, 1.807) is 6.07 Å². The van der Waals surface area contributed by atoms with Crippen molar-refractivity contribution in [2.24, 2.45) is 0 Å². The van der Waals surface area contributed by atoms with Crippen LogP contribution >= 0.6 is 15.9 Å². The molecular formula is C16H15BrFNO2. The smallest absolute Gasteiger partial charge is 0.254 e. The number of benzene rings is 2. The molecule has 3 nitrogen and oxygen atoms in total. The number of hydrogen-bond donors (Lipinski definition) is 1. The predicted octanol–water partition coefficient (Wildman–Crippen LogP) is 4.09. The number of hydrogen-bond acceptors (Lipinski definition) is 2.